The molecule has 0 saturated carbocycles. The molecule has 0 saturated heterocycles. The van der Waals surface area contributed by atoms with E-state index in [4.69, 9.17) is 0 Å². The Morgan fingerprint density at radius 3 is 2.65 bits per heavy atom. The van der Waals surface area contributed by atoms with Crippen molar-refractivity contribution in [2.45, 2.75) is 38.8 Å². The van der Waals surface area contributed by atoms with Gasteiger partial charge in [0.05, 0.1) is 17.5 Å². The number of nitrogens with one attached hydrogen (secondary N) is 1. The normalized spacial score (nSPS) is 13.8. The Bertz CT molecular complexity index is 924. The molecule has 0 bridgehead atoms. The Labute approximate surface area is 130 Å². The number of benzene rings is 1. The number of nitrogens with zero attached hydrogens (tertiary/aromatic N) is 2. The van der Waals surface area contributed by atoms with Crippen molar-refractivity contribution in [2.24, 2.45) is 0 Å². The molecular formula is C16H16F3N3O. The summed E-state index contributed by atoms with van der Waals surface area (Å²) in [6.45, 7) is 3.66. The predicted octanol–water partition coefficient (Wildman–Crippen LogP) is 3.79. The summed E-state index contributed by atoms with van der Waals surface area (Å²) < 4.78 is 40.0. The summed E-state index contributed by atoms with van der Waals surface area (Å²) >= 11 is 0. The third-order valence-corrected chi connectivity index (χ3v) is 4.08. The highest BCUT2D eigenvalue weighted by atomic mass is 19.4. The van der Waals surface area contributed by atoms with Crippen LogP contribution in [0, 0.1) is 0 Å². The number of imidazole rings is 1. The first-order valence-corrected chi connectivity index (χ1v) is 7.40. The third-order valence-electron chi connectivity index (χ3n) is 4.08. The molecule has 1 atom stereocenters. The highest BCUT2D eigenvalue weighted by molar-refractivity contribution is 5.79. The molecule has 7 heteroatoms. The minimum Gasteiger partial charge on any atom is -0.328 e. The molecule has 1 unspecified atom stereocenters. The lowest BCUT2D eigenvalue weighted by molar-refractivity contribution is -0.127. The molecule has 0 aliphatic rings. The fraction of sp³-hybridized carbons (Fsp3) is 0.375. The van der Waals surface area contributed by atoms with Gasteiger partial charge in [-0.05, 0) is 24.5 Å². The molecular weight excluding hydrogens is 307 g/mol. The molecule has 4 nitrogen and oxygen atoms in total. The second-order valence-corrected chi connectivity index (χ2v) is 5.68. The quantitative estimate of drug-likeness (QED) is 0.797. The lowest BCUT2D eigenvalue weighted by Crippen LogP contribution is -2.27. The molecule has 1 aromatic carbocycles. The van der Waals surface area contributed by atoms with Crippen LogP contribution in [0.5, 0.6) is 0 Å². The average Bonchev–Trinajstić information content (AvgIpc) is 2.86. The van der Waals surface area contributed by atoms with Crippen LogP contribution >= 0.6 is 0 Å². The van der Waals surface area contributed by atoms with Gasteiger partial charge in [-0.3, -0.25) is 4.79 Å². The molecule has 122 valence electrons. The molecule has 0 aliphatic heterocycles. The molecule has 3 aromatic rings. The zero-order chi connectivity index (χ0) is 16.8. The maximum absolute atomic E-state index is 12.9. The van der Waals surface area contributed by atoms with Gasteiger partial charge in [0, 0.05) is 11.3 Å². The minimum absolute atomic E-state index is 0.190. The van der Waals surface area contributed by atoms with E-state index in [0.717, 1.165) is 0 Å². The van der Waals surface area contributed by atoms with Gasteiger partial charge in [0.15, 0.2) is 0 Å². The molecule has 2 heterocycles. The van der Waals surface area contributed by atoms with Crippen molar-refractivity contribution in [3.05, 3.63) is 45.9 Å². The highest BCUT2D eigenvalue weighted by Gasteiger charge is 2.32. The van der Waals surface area contributed by atoms with Gasteiger partial charge in [-0.25, -0.2) is 9.38 Å². The molecule has 2 aromatic heterocycles. The van der Waals surface area contributed by atoms with Crippen LogP contribution in [0.3, 0.4) is 0 Å². The highest BCUT2D eigenvalue weighted by Crippen LogP contribution is 2.27. The van der Waals surface area contributed by atoms with E-state index in [1.54, 1.807) is 31.2 Å². The van der Waals surface area contributed by atoms with Crippen molar-refractivity contribution in [1.29, 1.82) is 0 Å². The van der Waals surface area contributed by atoms with E-state index < -0.39 is 18.2 Å². The molecule has 1 N–H and O–H groups in total. The van der Waals surface area contributed by atoms with E-state index in [1.807, 2.05) is 6.92 Å². The van der Waals surface area contributed by atoms with E-state index in [2.05, 4.69) is 9.97 Å². The number of fused-ring (bicyclic) bond motifs is 3. The Hall–Kier alpha value is -2.31. The van der Waals surface area contributed by atoms with Gasteiger partial charge in [0.25, 0.3) is 5.56 Å². The lowest BCUT2D eigenvalue weighted by Gasteiger charge is -2.16. The minimum atomic E-state index is -4.45. The summed E-state index contributed by atoms with van der Waals surface area (Å²) in [6, 6.07) is 6.89. The van der Waals surface area contributed by atoms with Crippen molar-refractivity contribution in [1.82, 2.24) is 14.4 Å². The first-order chi connectivity index (χ1) is 10.8. The number of aromatic amines is 1. The van der Waals surface area contributed by atoms with Crippen molar-refractivity contribution in [3.63, 3.8) is 0 Å². The summed E-state index contributed by atoms with van der Waals surface area (Å²) in [4.78, 5) is 20.0. The molecule has 0 aliphatic carbocycles. The number of hydrogen-bond acceptors (Lipinski definition) is 2. The van der Waals surface area contributed by atoms with Crippen molar-refractivity contribution >= 4 is 16.8 Å². The van der Waals surface area contributed by atoms with Crippen LogP contribution in [0.25, 0.3) is 16.8 Å². The van der Waals surface area contributed by atoms with Crippen LogP contribution in [-0.2, 0) is 6.42 Å². The first-order valence-electron chi connectivity index (χ1n) is 7.40. The molecule has 0 fully saturated rings. The van der Waals surface area contributed by atoms with Crippen LogP contribution < -0.4 is 5.56 Å². The molecule has 23 heavy (non-hydrogen) atoms. The summed E-state index contributed by atoms with van der Waals surface area (Å²) in [7, 11) is 0. The second-order valence-electron chi connectivity index (χ2n) is 5.68. The summed E-state index contributed by atoms with van der Waals surface area (Å²) in [6.07, 6.45) is -5.07. The smallest absolute Gasteiger partial charge is 0.328 e. The Morgan fingerprint density at radius 2 is 2.00 bits per heavy atom. The predicted molar refractivity (Wildman–Crippen MR) is 81.8 cm³/mol. The number of rotatable bonds is 3. The number of hydrogen-bond donors (Lipinski definition) is 1. The summed E-state index contributed by atoms with van der Waals surface area (Å²) in [5.74, 6) is 0.0855. The maximum Gasteiger partial charge on any atom is 0.393 e. The van der Waals surface area contributed by atoms with Gasteiger partial charge in [0.1, 0.15) is 0 Å². The molecule has 0 amide bonds. The van der Waals surface area contributed by atoms with Crippen LogP contribution in [0.4, 0.5) is 13.2 Å². The van der Waals surface area contributed by atoms with Gasteiger partial charge in [-0.15, -0.1) is 0 Å². The summed E-state index contributed by atoms with van der Waals surface area (Å²) in [5.41, 5.74) is 0.503. The summed E-state index contributed by atoms with van der Waals surface area (Å²) in [5, 5.41) is 0. The zero-order valence-electron chi connectivity index (χ0n) is 12.7. The Kier molecular flexibility index (Phi) is 3.66. The average molecular weight is 323 g/mol. The van der Waals surface area contributed by atoms with Crippen LogP contribution in [-0.4, -0.2) is 20.5 Å². The largest absolute Gasteiger partial charge is 0.393 e. The van der Waals surface area contributed by atoms with Gasteiger partial charge >= 0.3 is 6.18 Å². The van der Waals surface area contributed by atoms with E-state index in [0.29, 0.717) is 23.1 Å². The first kappa shape index (κ1) is 15.6. The zero-order valence-corrected chi connectivity index (χ0v) is 12.7. The van der Waals surface area contributed by atoms with Gasteiger partial charge < -0.3 is 4.98 Å². The van der Waals surface area contributed by atoms with Gasteiger partial charge in [-0.2, -0.15) is 13.2 Å². The fourth-order valence-corrected chi connectivity index (χ4v) is 2.76. The lowest BCUT2D eigenvalue weighted by atomic mass is 9.98. The topological polar surface area (TPSA) is 50.2 Å². The number of halogens is 3. The third kappa shape index (κ3) is 2.71. The van der Waals surface area contributed by atoms with Gasteiger partial charge in [-0.1, -0.05) is 26.0 Å². The maximum atomic E-state index is 12.9. The monoisotopic (exact) mass is 323 g/mol. The molecule has 0 radical (unpaired) electrons. The van der Waals surface area contributed by atoms with Crippen molar-refractivity contribution in [2.75, 3.05) is 0 Å². The van der Waals surface area contributed by atoms with Crippen molar-refractivity contribution < 1.29 is 13.2 Å². The Morgan fingerprint density at radius 1 is 1.30 bits per heavy atom. The Balaban J connectivity index is 2.39. The number of alkyl halides is 3. The van der Waals surface area contributed by atoms with Crippen LogP contribution in [0.2, 0.25) is 0 Å². The number of aromatic nitrogens is 3. The standard InChI is InChI=1S/C16H16F3N3O/c1-3-9(2)13-10(8-16(17,18)19)14(23)22-12-7-5-4-6-11(12)20-15(22)21-13/h4-7,9H,3,8H2,1-2H3,(H,20,21). The SMILES string of the molecule is CCC(C)c1[nH]c2nc3ccccc3n2c(=O)c1CC(F)(F)F. The van der Waals surface area contributed by atoms with E-state index in [-0.39, 0.29) is 17.3 Å². The van der Waals surface area contributed by atoms with Crippen LogP contribution in [0.15, 0.2) is 29.1 Å². The molecule has 3 rings (SSSR count). The van der Waals surface area contributed by atoms with E-state index >= 15 is 0 Å². The van der Waals surface area contributed by atoms with Crippen LogP contribution in [0.1, 0.15) is 37.4 Å². The fourth-order valence-electron chi connectivity index (χ4n) is 2.76. The number of H-pyrrole nitrogens is 1. The van der Waals surface area contributed by atoms with Crippen molar-refractivity contribution in [3.8, 4) is 0 Å². The number of para-hydroxylation sites is 2. The van der Waals surface area contributed by atoms with Gasteiger partial charge in [0.2, 0.25) is 5.78 Å². The second kappa shape index (κ2) is 5.40. The van der Waals surface area contributed by atoms with E-state index in [9.17, 15) is 18.0 Å². The molecule has 0 spiro atoms. The van der Waals surface area contributed by atoms with E-state index in [1.165, 1.54) is 4.40 Å².